The smallest absolute Gasteiger partial charge is 0.132 e. The molecule has 3 aromatic rings. The van der Waals surface area contributed by atoms with Gasteiger partial charge in [-0.2, -0.15) is 0 Å². The van der Waals surface area contributed by atoms with Crippen molar-refractivity contribution in [1.29, 1.82) is 0 Å². The number of hydrogen-bond acceptors (Lipinski definition) is 4. The Morgan fingerprint density at radius 2 is 1.84 bits per heavy atom. The number of aliphatic hydroxyl groups is 1. The Kier molecular flexibility index (Phi) is 5.69. The largest absolute Gasteiger partial charge is 0.489 e. The van der Waals surface area contributed by atoms with Gasteiger partial charge in [0.15, 0.2) is 0 Å². The van der Waals surface area contributed by atoms with Crippen molar-refractivity contribution in [2.24, 2.45) is 4.99 Å². The van der Waals surface area contributed by atoms with Gasteiger partial charge in [-0.3, -0.25) is 0 Å². The lowest BCUT2D eigenvalue weighted by Gasteiger charge is -2.27. The molecule has 7 heteroatoms. The third-order valence-corrected chi connectivity index (χ3v) is 5.46. The zero-order chi connectivity index (χ0) is 22.2. The van der Waals surface area contributed by atoms with Crippen LogP contribution in [0.15, 0.2) is 59.6 Å². The molecule has 1 aliphatic heterocycles. The molecule has 4 rings (SSSR count). The highest BCUT2D eigenvalue weighted by Crippen LogP contribution is 2.35. The highest BCUT2D eigenvalue weighted by molar-refractivity contribution is 6.33. The highest BCUT2D eigenvalue weighted by Gasteiger charge is 2.21. The zero-order valence-corrected chi connectivity index (χ0v) is 17.8. The van der Waals surface area contributed by atoms with Gasteiger partial charge >= 0.3 is 0 Å². The molecule has 0 radical (unpaired) electrons. The fourth-order valence-electron chi connectivity index (χ4n) is 3.33. The van der Waals surface area contributed by atoms with Crippen LogP contribution in [0.5, 0.6) is 5.75 Å². The molecular weight excluding hydrogens is 422 g/mol. The topological polar surface area (TPSA) is 45.1 Å². The summed E-state index contributed by atoms with van der Waals surface area (Å²) in [6.45, 7) is 3.74. The van der Waals surface area contributed by atoms with Crippen molar-refractivity contribution in [3.63, 3.8) is 0 Å². The van der Waals surface area contributed by atoms with Crippen molar-refractivity contribution >= 4 is 29.3 Å². The quantitative estimate of drug-likeness (QED) is 0.519. The molecule has 0 aliphatic carbocycles. The van der Waals surface area contributed by atoms with E-state index in [1.54, 1.807) is 38.4 Å². The van der Waals surface area contributed by atoms with Gasteiger partial charge in [0, 0.05) is 6.07 Å². The Morgan fingerprint density at radius 1 is 1.10 bits per heavy atom. The van der Waals surface area contributed by atoms with Crippen LogP contribution in [0.2, 0.25) is 5.02 Å². The van der Waals surface area contributed by atoms with Gasteiger partial charge in [-0.25, -0.2) is 13.8 Å². The van der Waals surface area contributed by atoms with Gasteiger partial charge < -0.3 is 14.7 Å². The predicted octanol–water partition coefficient (Wildman–Crippen LogP) is 6.10. The normalized spacial score (nSPS) is 13.3. The minimum absolute atomic E-state index is 0.130. The molecule has 0 unspecified atom stereocenters. The van der Waals surface area contributed by atoms with Crippen LogP contribution in [-0.2, 0) is 18.8 Å². The van der Waals surface area contributed by atoms with Gasteiger partial charge in [-0.15, -0.1) is 0 Å². The third-order valence-electron chi connectivity index (χ3n) is 5.14. The maximum absolute atomic E-state index is 13.8. The van der Waals surface area contributed by atoms with Crippen LogP contribution in [0.1, 0.15) is 30.5 Å². The van der Waals surface area contributed by atoms with Gasteiger partial charge in [0.05, 0.1) is 40.4 Å². The van der Waals surface area contributed by atoms with E-state index in [0.717, 1.165) is 16.8 Å². The van der Waals surface area contributed by atoms with Crippen molar-refractivity contribution in [3.05, 3.63) is 87.9 Å². The number of fused-ring (bicyclic) bond motifs is 1. The van der Waals surface area contributed by atoms with E-state index < -0.39 is 17.2 Å². The minimum Gasteiger partial charge on any atom is -0.489 e. The van der Waals surface area contributed by atoms with E-state index in [0.29, 0.717) is 23.0 Å². The zero-order valence-electron chi connectivity index (χ0n) is 17.1. The van der Waals surface area contributed by atoms with E-state index >= 15 is 0 Å². The fraction of sp³-hybridized carbons (Fsp3) is 0.208. The molecule has 31 heavy (non-hydrogen) atoms. The number of anilines is 1. The van der Waals surface area contributed by atoms with E-state index in [-0.39, 0.29) is 12.2 Å². The molecule has 0 fully saturated rings. The second-order valence-corrected chi connectivity index (χ2v) is 8.28. The average Bonchev–Trinajstić information content (AvgIpc) is 2.73. The number of rotatable bonds is 5. The molecule has 0 aromatic heterocycles. The van der Waals surface area contributed by atoms with E-state index in [1.165, 1.54) is 18.2 Å². The van der Waals surface area contributed by atoms with Crippen molar-refractivity contribution in [2.75, 3.05) is 4.90 Å². The van der Waals surface area contributed by atoms with E-state index in [4.69, 9.17) is 16.3 Å². The second kappa shape index (κ2) is 8.29. The van der Waals surface area contributed by atoms with Gasteiger partial charge in [-0.1, -0.05) is 29.8 Å². The Balaban J connectivity index is 1.55. The van der Waals surface area contributed by atoms with Gasteiger partial charge in [0.25, 0.3) is 0 Å². The van der Waals surface area contributed by atoms with Crippen LogP contribution in [0.25, 0.3) is 0 Å². The molecule has 3 aromatic carbocycles. The van der Waals surface area contributed by atoms with Crippen LogP contribution in [0.3, 0.4) is 0 Å². The lowest BCUT2D eigenvalue weighted by atomic mass is 9.96. The van der Waals surface area contributed by atoms with E-state index in [9.17, 15) is 13.9 Å². The first-order chi connectivity index (χ1) is 14.7. The number of nitrogens with zero attached hydrogens (tertiary/aromatic N) is 2. The van der Waals surface area contributed by atoms with Crippen LogP contribution in [0.4, 0.5) is 20.2 Å². The summed E-state index contributed by atoms with van der Waals surface area (Å²) in [6, 6.07) is 14.4. The molecule has 1 aliphatic rings. The Hall–Kier alpha value is -2.96. The van der Waals surface area contributed by atoms with E-state index in [2.05, 4.69) is 4.99 Å². The summed E-state index contributed by atoms with van der Waals surface area (Å²) in [4.78, 5) is 6.37. The van der Waals surface area contributed by atoms with Crippen molar-refractivity contribution in [1.82, 2.24) is 0 Å². The summed E-state index contributed by atoms with van der Waals surface area (Å²) >= 11 is 6.40. The monoisotopic (exact) mass is 442 g/mol. The highest BCUT2D eigenvalue weighted by atomic mass is 35.5. The van der Waals surface area contributed by atoms with Crippen LogP contribution in [-0.4, -0.2) is 11.4 Å². The summed E-state index contributed by atoms with van der Waals surface area (Å²) in [5, 5.41) is 10.7. The van der Waals surface area contributed by atoms with Gasteiger partial charge in [-0.05, 0) is 55.3 Å². The van der Waals surface area contributed by atoms with Crippen LogP contribution < -0.4 is 9.64 Å². The standard InChI is InChI=1S/C24H21ClF2N2O2/c1-24(2,30)16-7-6-15-12-29(14-28-22(15)10-16)23-11-17(8-9-19(23)25)31-13-18-20(26)4-3-5-21(18)27/h3-11,14,30H,12-13H2,1-2H3. The van der Waals surface area contributed by atoms with Crippen LogP contribution in [0, 0.1) is 11.6 Å². The maximum atomic E-state index is 13.8. The first kappa shape index (κ1) is 21.3. The summed E-state index contributed by atoms with van der Waals surface area (Å²) in [7, 11) is 0. The van der Waals surface area contributed by atoms with E-state index in [1.807, 2.05) is 23.1 Å². The SMILES string of the molecule is CC(C)(O)c1ccc2c(c1)N=CN(c1cc(OCc3c(F)cccc3F)ccc1Cl)C2. The average molecular weight is 443 g/mol. The first-order valence-corrected chi connectivity index (χ1v) is 10.1. The number of halogens is 3. The number of ether oxygens (including phenoxy) is 1. The number of aliphatic imine (C=N–C) groups is 1. The first-order valence-electron chi connectivity index (χ1n) is 9.74. The maximum Gasteiger partial charge on any atom is 0.132 e. The number of benzene rings is 3. The molecule has 0 spiro atoms. The molecule has 0 bridgehead atoms. The van der Waals surface area contributed by atoms with Crippen molar-refractivity contribution < 1.29 is 18.6 Å². The molecule has 1 heterocycles. The molecule has 4 nitrogen and oxygen atoms in total. The summed E-state index contributed by atoms with van der Waals surface area (Å²) < 4.78 is 33.3. The predicted molar refractivity (Wildman–Crippen MR) is 118 cm³/mol. The Labute approximate surface area is 184 Å². The molecule has 1 N–H and O–H groups in total. The molecule has 0 amide bonds. The molecular formula is C24H21ClF2N2O2. The molecule has 0 saturated carbocycles. The summed E-state index contributed by atoms with van der Waals surface area (Å²) in [6.07, 6.45) is 1.66. The Morgan fingerprint density at radius 3 is 2.55 bits per heavy atom. The van der Waals surface area contributed by atoms with Gasteiger partial charge in [0.2, 0.25) is 0 Å². The number of hydrogen-bond donors (Lipinski definition) is 1. The minimum atomic E-state index is -0.950. The van der Waals surface area contributed by atoms with Crippen molar-refractivity contribution in [3.8, 4) is 5.75 Å². The second-order valence-electron chi connectivity index (χ2n) is 7.88. The Bertz CT molecular complexity index is 1140. The van der Waals surface area contributed by atoms with Crippen molar-refractivity contribution in [2.45, 2.75) is 32.6 Å². The molecule has 0 saturated heterocycles. The lowest BCUT2D eigenvalue weighted by Crippen LogP contribution is -2.24. The molecule has 160 valence electrons. The lowest BCUT2D eigenvalue weighted by molar-refractivity contribution is 0.0786. The fourth-order valence-corrected chi connectivity index (χ4v) is 3.56. The summed E-state index contributed by atoms with van der Waals surface area (Å²) in [5.74, 6) is -0.877. The third kappa shape index (κ3) is 4.55. The van der Waals surface area contributed by atoms with Crippen LogP contribution >= 0.6 is 11.6 Å². The van der Waals surface area contributed by atoms with Gasteiger partial charge in [0.1, 0.15) is 24.0 Å². The summed E-state index contributed by atoms with van der Waals surface area (Å²) in [5.41, 5.74) is 2.13. The molecule has 0 atom stereocenters.